The van der Waals surface area contributed by atoms with Gasteiger partial charge in [0.15, 0.2) is 0 Å². The normalized spacial score (nSPS) is 17.1. The fraction of sp³-hybridized carbons (Fsp3) is 0.0667. The van der Waals surface area contributed by atoms with E-state index in [1.807, 2.05) is 61.7 Å². The van der Waals surface area contributed by atoms with Crippen LogP contribution in [0.5, 0.6) is 0 Å². The number of carbonyl (C=O) groups excluding carboxylic acids is 1. The molecule has 0 spiro atoms. The molecular formula is C15H13N3O. The van der Waals surface area contributed by atoms with E-state index in [0.717, 1.165) is 17.1 Å². The summed E-state index contributed by atoms with van der Waals surface area (Å²) in [5.41, 5.74) is 3.02. The van der Waals surface area contributed by atoms with E-state index >= 15 is 0 Å². The molecule has 2 heterocycles. The Kier molecular flexibility index (Phi) is 2.76. The molecule has 1 N–H and O–H groups in total. The molecule has 94 valence electrons. The van der Waals surface area contributed by atoms with Gasteiger partial charge in [-0.3, -0.25) is 4.79 Å². The topological polar surface area (TPSA) is 48.5 Å². The molecule has 4 heteroatoms. The zero-order chi connectivity index (χ0) is 13.2. The minimum absolute atomic E-state index is 0.0988. The number of aromatic nitrogens is 1. The molecule has 0 bridgehead atoms. The third kappa shape index (κ3) is 2.08. The molecule has 0 aliphatic carbocycles. The van der Waals surface area contributed by atoms with Gasteiger partial charge in [-0.15, -0.1) is 0 Å². The van der Waals surface area contributed by atoms with Gasteiger partial charge in [0.05, 0.1) is 17.0 Å². The van der Waals surface area contributed by atoms with Gasteiger partial charge in [0, 0.05) is 11.9 Å². The number of hydrogen-bond acceptors (Lipinski definition) is 2. The molecule has 0 saturated heterocycles. The lowest BCUT2D eigenvalue weighted by Gasteiger charge is -2.10. The van der Waals surface area contributed by atoms with Crippen LogP contribution >= 0.6 is 0 Å². The molecule has 1 aliphatic rings. The third-order valence-corrected chi connectivity index (χ3v) is 2.99. The molecule has 1 aromatic heterocycles. The van der Waals surface area contributed by atoms with Gasteiger partial charge in [0.1, 0.15) is 0 Å². The summed E-state index contributed by atoms with van der Waals surface area (Å²) >= 11 is 0. The fourth-order valence-electron chi connectivity index (χ4n) is 2.02. The van der Waals surface area contributed by atoms with E-state index in [1.54, 1.807) is 0 Å². The Bertz CT molecular complexity index is 654. The van der Waals surface area contributed by atoms with Crippen molar-refractivity contribution in [2.45, 2.75) is 6.92 Å². The molecule has 4 nitrogen and oxygen atoms in total. The highest BCUT2D eigenvalue weighted by atomic mass is 16.2. The number of carbonyl (C=O) groups is 1. The Morgan fingerprint density at radius 2 is 1.95 bits per heavy atom. The Morgan fingerprint density at radius 3 is 2.63 bits per heavy atom. The predicted octanol–water partition coefficient (Wildman–Crippen LogP) is 2.82. The highest BCUT2D eigenvalue weighted by molar-refractivity contribution is 6.32. The first-order chi connectivity index (χ1) is 9.25. The Labute approximate surface area is 111 Å². The number of para-hydroxylation sites is 1. The molecule has 1 aromatic carbocycles. The maximum absolute atomic E-state index is 12.4. The van der Waals surface area contributed by atoms with E-state index in [4.69, 9.17) is 0 Å². The van der Waals surface area contributed by atoms with Crippen molar-refractivity contribution in [3.63, 3.8) is 0 Å². The van der Waals surface area contributed by atoms with E-state index in [2.05, 4.69) is 10.1 Å². The molecule has 0 radical (unpaired) electrons. The standard InChI is InChI=1S/C15H13N3O/c1-11-14(10-12-6-5-9-16-12)15(19)18(17-11)13-7-3-2-4-8-13/h2-10,16H,1H3. The second-order valence-electron chi connectivity index (χ2n) is 4.32. The zero-order valence-electron chi connectivity index (χ0n) is 10.5. The molecule has 2 aromatic rings. The van der Waals surface area contributed by atoms with Crippen LogP contribution in [0.25, 0.3) is 6.08 Å². The average Bonchev–Trinajstić information content (AvgIpc) is 3.03. The Hall–Kier alpha value is -2.62. The number of nitrogens with one attached hydrogen (secondary N) is 1. The van der Waals surface area contributed by atoms with Crippen LogP contribution in [0.4, 0.5) is 5.69 Å². The van der Waals surface area contributed by atoms with Gasteiger partial charge in [-0.2, -0.15) is 10.1 Å². The minimum atomic E-state index is -0.0988. The Balaban J connectivity index is 1.96. The summed E-state index contributed by atoms with van der Waals surface area (Å²) in [6.07, 6.45) is 3.65. The van der Waals surface area contributed by atoms with Crippen LogP contribution in [0.2, 0.25) is 0 Å². The molecule has 19 heavy (non-hydrogen) atoms. The molecule has 1 amide bonds. The van der Waals surface area contributed by atoms with Crippen LogP contribution in [0, 0.1) is 0 Å². The van der Waals surface area contributed by atoms with E-state index in [9.17, 15) is 4.79 Å². The lowest BCUT2D eigenvalue weighted by molar-refractivity contribution is -0.114. The van der Waals surface area contributed by atoms with Crippen LogP contribution in [-0.2, 0) is 4.79 Å². The summed E-state index contributed by atoms with van der Waals surface area (Å²) in [7, 11) is 0. The van der Waals surface area contributed by atoms with E-state index in [-0.39, 0.29) is 5.91 Å². The number of hydrogen-bond donors (Lipinski definition) is 1. The van der Waals surface area contributed by atoms with Crippen LogP contribution < -0.4 is 5.01 Å². The third-order valence-electron chi connectivity index (χ3n) is 2.99. The van der Waals surface area contributed by atoms with Crippen molar-refractivity contribution in [1.82, 2.24) is 4.98 Å². The van der Waals surface area contributed by atoms with Gasteiger partial charge in [-0.1, -0.05) is 18.2 Å². The average molecular weight is 251 g/mol. The molecular weight excluding hydrogens is 238 g/mol. The van der Waals surface area contributed by atoms with Crippen molar-refractivity contribution in [2.24, 2.45) is 5.10 Å². The summed E-state index contributed by atoms with van der Waals surface area (Å²) in [4.78, 5) is 15.4. The van der Waals surface area contributed by atoms with E-state index in [0.29, 0.717) is 5.57 Å². The first kappa shape index (κ1) is 11.5. The minimum Gasteiger partial charge on any atom is -0.362 e. The van der Waals surface area contributed by atoms with Gasteiger partial charge in [0.2, 0.25) is 0 Å². The zero-order valence-corrected chi connectivity index (χ0v) is 10.5. The maximum atomic E-state index is 12.4. The quantitative estimate of drug-likeness (QED) is 0.820. The first-order valence-electron chi connectivity index (χ1n) is 6.06. The van der Waals surface area contributed by atoms with Crippen LogP contribution in [0.3, 0.4) is 0 Å². The highest BCUT2D eigenvalue weighted by Crippen LogP contribution is 2.24. The number of rotatable bonds is 2. The summed E-state index contributed by atoms with van der Waals surface area (Å²) in [5.74, 6) is -0.0988. The SMILES string of the molecule is CC1=NN(c2ccccc2)C(=O)C1=Cc1ccc[nH]1. The number of aromatic amines is 1. The number of hydrazone groups is 1. The summed E-state index contributed by atoms with van der Waals surface area (Å²) < 4.78 is 0. The number of anilines is 1. The molecule has 0 fully saturated rings. The van der Waals surface area contributed by atoms with Crippen LogP contribution in [0.15, 0.2) is 59.3 Å². The number of amides is 1. The van der Waals surface area contributed by atoms with E-state index in [1.165, 1.54) is 5.01 Å². The lowest BCUT2D eigenvalue weighted by atomic mass is 10.1. The smallest absolute Gasteiger partial charge is 0.280 e. The second-order valence-corrected chi connectivity index (χ2v) is 4.32. The van der Waals surface area contributed by atoms with Crippen LogP contribution in [-0.4, -0.2) is 16.6 Å². The van der Waals surface area contributed by atoms with E-state index < -0.39 is 0 Å². The number of benzene rings is 1. The highest BCUT2D eigenvalue weighted by Gasteiger charge is 2.28. The maximum Gasteiger partial charge on any atom is 0.280 e. The number of nitrogens with zero attached hydrogens (tertiary/aromatic N) is 2. The van der Waals surface area contributed by atoms with Crippen molar-refractivity contribution >= 4 is 23.4 Å². The van der Waals surface area contributed by atoms with Gasteiger partial charge in [-0.05, 0) is 37.3 Å². The monoisotopic (exact) mass is 251 g/mol. The van der Waals surface area contributed by atoms with Gasteiger partial charge >= 0.3 is 0 Å². The fourth-order valence-corrected chi connectivity index (χ4v) is 2.02. The first-order valence-corrected chi connectivity index (χ1v) is 6.06. The number of H-pyrrole nitrogens is 1. The summed E-state index contributed by atoms with van der Waals surface area (Å²) in [6.45, 7) is 1.84. The summed E-state index contributed by atoms with van der Waals surface area (Å²) in [6, 6.07) is 13.2. The van der Waals surface area contributed by atoms with Crippen LogP contribution in [0.1, 0.15) is 12.6 Å². The molecule has 1 aliphatic heterocycles. The van der Waals surface area contributed by atoms with Crippen molar-refractivity contribution in [1.29, 1.82) is 0 Å². The predicted molar refractivity (Wildman–Crippen MR) is 75.8 cm³/mol. The largest absolute Gasteiger partial charge is 0.362 e. The lowest BCUT2D eigenvalue weighted by Crippen LogP contribution is -2.21. The van der Waals surface area contributed by atoms with Gasteiger partial charge < -0.3 is 4.98 Å². The molecule has 3 rings (SSSR count). The molecule has 0 atom stereocenters. The summed E-state index contributed by atoms with van der Waals surface area (Å²) in [5, 5.41) is 5.75. The Morgan fingerprint density at radius 1 is 1.16 bits per heavy atom. The van der Waals surface area contributed by atoms with Crippen molar-refractivity contribution in [3.8, 4) is 0 Å². The van der Waals surface area contributed by atoms with Gasteiger partial charge in [0.25, 0.3) is 5.91 Å². The van der Waals surface area contributed by atoms with Crippen molar-refractivity contribution in [2.75, 3.05) is 5.01 Å². The van der Waals surface area contributed by atoms with Crippen molar-refractivity contribution in [3.05, 3.63) is 59.9 Å². The van der Waals surface area contributed by atoms with Crippen molar-refractivity contribution < 1.29 is 4.79 Å². The molecule has 0 unspecified atom stereocenters. The van der Waals surface area contributed by atoms with Gasteiger partial charge in [-0.25, -0.2) is 0 Å². The second kappa shape index (κ2) is 4.57. The molecule has 0 saturated carbocycles.